The van der Waals surface area contributed by atoms with Crippen molar-refractivity contribution < 1.29 is 0 Å². The Hall–Kier alpha value is -0.570. The van der Waals surface area contributed by atoms with Crippen molar-refractivity contribution in [1.82, 2.24) is 9.88 Å². The van der Waals surface area contributed by atoms with Crippen molar-refractivity contribution in [2.24, 2.45) is 10.7 Å². The zero-order chi connectivity index (χ0) is 14.4. The number of anilines is 1. The lowest BCUT2D eigenvalue weighted by Gasteiger charge is -2.19. The summed E-state index contributed by atoms with van der Waals surface area (Å²) in [4.78, 5) is 13.6. The maximum absolute atomic E-state index is 5.96. The van der Waals surface area contributed by atoms with E-state index in [2.05, 4.69) is 34.0 Å². The number of guanidine groups is 1. The maximum Gasteiger partial charge on any atom is 0.191 e. The van der Waals surface area contributed by atoms with E-state index in [1.165, 1.54) is 12.8 Å². The van der Waals surface area contributed by atoms with Gasteiger partial charge in [0.1, 0.15) is 0 Å². The molecular weight excluding hydrogens is 397 g/mol. The first-order valence-corrected chi connectivity index (χ1v) is 8.36. The largest absolute Gasteiger partial charge is 0.370 e. The molecule has 2 N–H and O–H groups in total. The highest BCUT2D eigenvalue weighted by Gasteiger charge is 2.15. The van der Waals surface area contributed by atoms with Crippen molar-refractivity contribution in [1.29, 1.82) is 0 Å². The molecule has 7 heteroatoms. The standard InChI is InChI=1S/C14H25N5S.HI/c1-3-18(4-2)13(15)16-8-7-12-11-20-14(17-12)19-9-5-6-10-19;/h11H,3-10H2,1-2H3,(H2,15,16);1H. The van der Waals surface area contributed by atoms with Gasteiger partial charge in [-0.05, 0) is 26.7 Å². The van der Waals surface area contributed by atoms with Crippen LogP contribution in [0, 0.1) is 0 Å². The molecule has 0 aliphatic carbocycles. The Balaban J connectivity index is 0.00000220. The highest BCUT2D eigenvalue weighted by atomic mass is 127. The fraction of sp³-hybridized carbons (Fsp3) is 0.714. The molecule has 1 aliphatic heterocycles. The van der Waals surface area contributed by atoms with E-state index in [0.717, 1.165) is 43.4 Å². The molecule has 0 amide bonds. The number of thiazole rings is 1. The molecule has 2 rings (SSSR count). The SMILES string of the molecule is CCN(CC)C(N)=NCCc1csc(N2CCCC2)n1.I. The van der Waals surface area contributed by atoms with E-state index in [9.17, 15) is 0 Å². The van der Waals surface area contributed by atoms with Gasteiger partial charge < -0.3 is 15.5 Å². The Bertz CT molecular complexity index is 438. The van der Waals surface area contributed by atoms with E-state index < -0.39 is 0 Å². The fourth-order valence-corrected chi connectivity index (χ4v) is 3.31. The molecule has 1 aromatic rings. The average Bonchev–Trinajstić information content (AvgIpc) is 3.10. The number of rotatable bonds is 6. The average molecular weight is 423 g/mol. The minimum absolute atomic E-state index is 0. The van der Waals surface area contributed by atoms with E-state index in [4.69, 9.17) is 10.7 Å². The predicted octanol–water partition coefficient (Wildman–Crippen LogP) is 2.56. The summed E-state index contributed by atoms with van der Waals surface area (Å²) in [6.07, 6.45) is 3.45. The van der Waals surface area contributed by atoms with Gasteiger partial charge in [0.05, 0.1) is 5.69 Å². The molecule has 0 aromatic carbocycles. The van der Waals surface area contributed by atoms with Crippen LogP contribution >= 0.6 is 35.3 Å². The second kappa shape index (κ2) is 9.45. The molecule has 2 heterocycles. The quantitative estimate of drug-likeness (QED) is 0.434. The van der Waals surface area contributed by atoms with Crippen LogP contribution in [-0.2, 0) is 6.42 Å². The smallest absolute Gasteiger partial charge is 0.191 e. The zero-order valence-electron chi connectivity index (χ0n) is 12.9. The van der Waals surface area contributed by atoms with Crippen molar-refractivity contribution in [3.63, 3.8) is 0 Å². The summed E-state index contributed by atoms with van der Waals surface area (Å²) in [5.74, 6) is 0.644. The molecule has 21 heavy (non-hydrogen) atoms. The molecule has 1 aromatic heterocycles. The molecule has 0 unspecified atom stereocenters. The third-order valence-electron chi connectivity index (χ3n) is 3.65. The number of hydrogen-bond donors (Lipinski definition) is 1. The van der Waals surface area contributed by atoms with Crippen LogP contribution in [0.5, 0.6) is 0 Å². The molecule has 1 saturated heterocycles. The highest BCUT2D eigenvalue weighted by Crippen LogP contribution is 2.24. The third kappa shape index (κ3) is 5.28. The summed E-state index contributed by atoms with van der Waals surface area (Å²) in [5, 5.41) is 3.31. The molecule has 0 radical (unpaired) electrons. The first-order valence-electron chi connectivity index (χ1n) is 7.48. The lowest BCUT2D eigenvalue weighted by atomic mass is 10.3. The van der Waals surface area contributed by atoms with E-state index in [1.54, 1.807) is 11.3 Å². The van der Waals surface area contributed by atoms with E-state index in [0.29, 0.717) is 12.5 Å². The number of hydrogen-bond acceptors (Lipinski definition) is 4. The van der Waals surface area contributed by atoms with Gasteiger partial charge >= 0.3 is 0 Å². The van der Waals surface area contributed by atoms with Crippen LogP contribution in [0.15, 0.2) is 10.4 Å². The van der Waals surface area contributed by atoms with Gasteiger partial charge in [0.15, 0.2) is 11.1 Å². The molecular formula is C14H26IN5S. The van der Waals surface area contributed by atoms with Gasteiger partial charge in [-0.25, -0.2) is 4.98 Å². The molecule has 1 fully saturated rings. The van der Waals surface area contributed by atoms with E-state index >= 15 is 0 Å². The normalized spacial score (nSPS) is 15.1. The second-order valence-electron chi connectivity index (χ2n) is 4.98. The predicted molar refractivity (Wildman–Crippen MR) is 102 cm³/mol. The minimum Gasteiger partial charge on any atom is -0.370 e. The Morgan fingerprint density at radius 1 is 1.38 bits per heavy atom. The lowest BCUT2D eigenvalue weighted by Crippen LogP contribution is -2.37. The van der Waals surface area contributed by atoms with Crippen LogP contribution in [0.1, 0.15) is 32.4 Å². The van der Waals surface area contributed by atoms with Crippen LogP contribution < -0.4 is 10.6 Å². The number of aromatic nitrogens is 1. The molecule has 120 valence electrons. The Morgan fingerprint density at radius 2 is 2.05 bits per heavy atom. The summed E-state index contributed by atoms with van der Waals surface area (Å²) in [5.41, 5.74) is 7.09. The van der Waals surface area contributed by atoms with Crippen LogP contribution in [-0.4, -0.2) is 48.6 Å². The molecule has 0 saturated carbocycles. The molecule has 1 aliphatic rings. The number of aliphatic imine (C=N–C) groups is 1. The van der Waals surface area contributed by atoms with Gasteiger partial charge in [0.2, 0.25) is 0 Å². The highest BCUT2D eigenvalue weighted by molar-refractivity contribution is 14.0. The van der Waals surface area contributed by atoms with Crippen molar-refractivity contribution >= 4 is 46.4 Å². The van der Waals surface area contributed by atoms with Gasteiger partial charge in [0, 0.05) is 44.5 Å². The van der Waals surface area contributed by atoms with Crippen molar-refractivity contribution in [3.8, 4) is 0 Å². The monoisotopic (exact) mass is 423 g/mol. The number of halogens is 1. The van der Waals surface area contributed by atoms with Gasteiger partial charge in [-0.3, -0.25) is 4.99 Å². The topological polar surface area (TPSA) is 57.8 Å². The van der Waals surface area contributed by atoms with Crippen molar-refractivity contribution in [2.75, 3.05) is 37.6 Å². The molecule has 0 atom stereocenters. The molecule has 0 spiro atoms. The lowest BCUT2D eigenvalue weighted by molar-refractivity contribution is 0.458. The Kier molecular flexibility index (Phi) is 8.31. The first kappa shape index (κ1) is 18.5. The Labute approximate surface area is 148 Å². The van der Waals surface area contributed by atoms with Crippen LogP contribution in [0.2, 0.25) is 0 Å². The number of nitrogens with zero attached hydrogens (tertiary/aromatic N) is 4. The maximum atomic E-state index is 5.96. The minimum atomic E-state index is 0. The fourth-order valence-electron chi connectivity index (χ4n) is 2.40. The molecule has 0 bridgehead atoms. The number of nitrogens with two attached hydrogens (primary N) is 1. The summed E-state index contributed by atoms with van der Waals surface area (Å²) < 4.78 is 0. The van der Waals surface area contributed by atoms with Crippen LogP contribution in [0.4, 0.5) is 5.13 Å². The van der Waals surface area contributed by atoms with E-state index in [1.807, 2.05) is 0 Å². The zero-order valence-corrected chi connectivity index (χ0v) is 16.1. The van der Waals surface area contributed by atoms with Gasteiger partial charge in [0.25, 0.3) is 0 Å². The van der Waals surface area contributed by atoms with Gasteiger partial charge in [-0.1, -0.05) is 0 Å². The first-order chi connectivity index (χ1) is 9.74. The summed E-state index contributed by atoms with van der Waals surface area (Å²) in [6.45, 7) is 9.01. The Morgan fingerprint density at radius 3 is 2.67 bits per heavy atom. The van der Waals surface area contributed by atoms with Crippen LogP contribution in [0.3, 0.4) is 0 Å². The molecule has 5 nitrogen and oxygen atoms in total. The van der Waals surface area contributed by atoms with Crippen molar-refractivity contribution in [2.45, 2.75) is 33.1 Å². The second-order valence-corrected chi connectivity index (χ2v) is 5.81. The van der Waals surface area contributed by atoms with Crippen LogP contribution in [0.25, 0.3) is 0 Å². The van der Waals surface area contributed by atoms with Gasteiger partial charge in [-0.2, -0.15) is 0 Å². The summed E-state index contributed by atoms with van der Waals surface area (Å²) in [7, 11) is 0. The van der Waals surface area contributed by atoms with E-state index in [-0.39, 0.29) is 24.0 Å². The summed E-state index contributed by atoms with van der Waals surface area (Å²) in [6, 6.07) is 0. The van der Waals surface area contributed by atoms with Crippen molar-refractivity contribution in [3.05, 3.63) is 11.1 Å². The van der Waals surface area contributed by atoms with Gasteiger partial charge in [-0.15, -0.1) is 35.3 Å². The third-order valence-corrected chi connectivity index (χ3v) is 4.60. The summed E-state index contributed by atoms with van der Waals surface area (Å²) >= 11 is 1.75.